The maximum Gasteiger partial charge on any atom is 0.270 e. The Labute approximate surface area is 176 Å². The fraction of sp³-hybridized carbons (Fsp3) is 0.167. The third kappa shape index (κ3) is 4.91. The third-order valence-electron chi connectivity index (χ3n) is 3.91. The summed E-state index contributed by atoms with van der Waals surface area (Å²) in [4.78, 5) is 12.3. The number of carbonyl (C=O) groups is 1. The number of benzene rings is 2. The van der Waals surface area contributed by atoms with E-state index in [0.29, 0.717) is 11.3 Å². The molecule has 1 amide bonds. The SMILES string of the molecule is COc1ccccc1[C@@H](C)NS(=O)(=O)c1nnc(NC(=O)c2ccccc2Cl)s1. The molecule has 0 radical (unpaired) electrons. The van der Waals surface area contributed by atoms with E-state index in [-0.39, 0.29) is 20.1 Å². The molecular weight excluding hydrogens is 436 g/mol. The van der Waals surface area contributed by atoms with Crippen LogP contribution in [0, 0.1) is 0 Å². The average molecular weight is 453 g/mol. The van der Waals surface area contributed by atoms with Gasteiger partial charge in [-0.2, -0.15) is 0 Å². The molecule has 8 nitrogen and oxygen atoms in total. The monoisotopic (exact) mass is 452 g/mol. The lowest BCUT2D eigenvalue weighted by Crippen LogP contribution is -2.27. The van der Waals surface area contributed by atoms with Crippen LogP contribution in [0.25, 0.3) is 0 Å². The average Bonchev–Trinajstić information content (AvgIpc) is 3.17. The minimum Gasteiger partial charge on any atom is -0.496 e. The van der Waals surface area contributed by atoms with E-state index in [2.05, 4.69) is 20.2 Å². The van der Waals surface area contributed by atoms with Gasteiger partial charge in [0.05, 0.1) is 17.7 Å². The predicted octanol–water partition coefficient (Wildman–Crippen LogP) is 3.49. The molecule has 1 aromatic heterocycles. The highest BCUT2D eigenvalue weighted by Crippen LogP contribution is 2.27. The number of hydrogen-bond acceptors (Lipinski definition) is 7. The summed E-state index contributed by atoms with van der Waals surface area (Å²) in [5.74, 6) is 0.0544. The van der Waals surface area contributed by atoms with E-state index in [1.54, 1.807) is 55.5 Å². The Hall–Kier alpha value is -2.53. The van der Waals surface area contributed by atoms with Crippen molar-refractivity contribution in [1.29, 1.82) is 0 Å². The first-order valence-electron chi connectivity index (χ1n) is 8.36. The van der Waals surface area contributed by atoms with Crippen LogP contribution in [0.1, 0.15) is 28.9 Å². The molecule has 0 aliphatic carbocycles. The van der Waals surface area contributed by atoms with Gasteiger partial charge in [0, 0.05) is 11.6 Å². The van der Waals surface area contributed by atoms with Crippen LogP contribution in [0.3, 0.4) is 0 Å². The van der Waals surface area contributed by atoms with E-state index in [1.165, 1.54) is 7.11 Å². The summed E-state index contributed by atoms with van der Waals surface area (Å²) in [7, 11) is -2.45. The van der Waals surface area contributed by atoms with E-state index in [1.807, 2.05) is 0 Å². The number of rotatable bonds is 7. The van der Waals surface area contributed by atoms with Gasteiger partial charge in [0.1, 0.15) is 5.75 Å². The van der Waals surface area contributed by atoms with Gasteiger partial charge in [-0.1, -0.05) is 53.3 Å². The first-order chi connectivity index (χ1) is 13.8. The third-order valence-corrected chi connectivity index (χ3v) is 6.99. The van der Waals surface area contributed by atoms with Crippen molar-refractivity contribution in [1.82, 2.24) is 14.9 Å². The Balaban J connectivity index is 1.75. The first kappa shape index (κ1) is 21.2. The lowest BCUT2D eigenvalue weighted by Gasteiger charge is -2.16. The Morgan fingerprint density at radius 1 is 1.14 bits per heavy atom. The van der Waals surface area contributed by atoms with Crippen LogP contribution in [-0.4, -0.2) is 31.6 Å². The van der Waals surface area contributed by atoms with Crippen molar-refractivity contribution in [3.8, 4) is 5.75 Å². The molecule has 3 rings (SSSR count). The van der Waals surface area contributed by atoms with Crippen LogP contribution in [0.4, 0.5) is 5.13 Å². The highest BCUT2D eigenvalue weighted by atomic mass is 35.5. The molecule has 1 atom stereocenters. The van der Waals surface area contributed by atoms with Gasteiger partial charge >= 0.3 is 0 Å². The zero-order valence-corrected chi connectivity index (χ0v) is 17.8. The standard InChI is InChI=1S/C18H17ClN4O4S2/c1-11(12-7-4-6-10-15(12)27-2)23-29(25,26)18-22-21-17(28-18)20-16(24)13-8-3-5-9-14(13)19/h3-11,23H,1-2H3,(H,20,21,24)/t11-/m1/s1. The van der Waals surface area contributed by atoms with Gasteiger partial charge in [0.2, 0.25) is 9.47 Å². The van der Waals surface area contributed by atoms with Crippen LogP contribution >= 0.6 is 22.9 Å². The number of amides is 1. The summed E-state index contributed by atoms with van der Waals surface area (Å²) in [5.41, 5.74) is 0.923. The van der Waals surface area contributed by atoms with Crippen molar-refractivity contribution in [2.45, 2.75) is 17.3 Å². The molecule has 0 aliphatic heterocycles. The van der Waals surface area contributed by atoms with Crippen LogP contribution < -0.4 is 14.8 Å². The van der Waals surface area contributed by atoms with Crippen LogP contribution in [0.15, 0.2) is 52.9 Å². The van der Waals surface area contributed by atoms with E-state index in [4.69, 9.17) is 16.3 Å². The summed E-state index contributed by atoms with van der Waals surface area (Å²) in [6.45, 7) is 1.69. The number of methoxy groups -OCH3 is 1. The van der Waals surface area contributed by atoms with Gasteiger partial charge in [0.15, 0.2) is 0 Å². The van der Waals surface area contributed by atoms with Crippen molar-refractivity contribution >= 4 is 44.0 Å². The van der Waals surface area contributed by atoms with E-state index < -0.39 is 22.0 Å². The minimum atomic E-state index is -3.96. The van der Waals surface area contributed by atoms with Gasteiger partial charge in [-0.3, -0.25) is 10.1 Å². The second-order valence-electron chi connectivity index (χ2n) is 5.89. The normalized spacial score (nSPS) is 12.4. The summed E-state index contributed by atoms with van der Waals surface area (Å²) in [6, 6.07) is 13.0. The van der Waals surface area contributed by atoms with Crippen molar-refractivity contribution in [2.24, 2.45) is 0 Å². The van der Waals surface area contributed by atoms with Gasteiger partial charge in [-0.25, -0.2) is 13.1 Å². The van der Waals surface area contributed by atoms with E-state index in [0.717, 1.165) is 11.3 Å². The Kier molecular flexibility index (Phi) is 6.48. The van der Waals surface area contributed by atoms with Crippen molar-refractivity contribution < 1.29 is 17.9 Å². The lowest BCUT2D eigenvalue weighted by molar-refractivity contribution is 0.102. The topological polar surface area (TPSA) is 110 Å². The molecule has 1 heterocycles. The minimum absolute atomic E-state index is 0.0419. The van der Waals surface area contributed by atoms with Gasteiger partial charge in [0.25, 0.3) is 15.9 Å². The fourth-order valence-corrected chi connectivity index (χ4v) is 4.90. The summed E-state index contributed by atoms with van der Waals surface area (Å²) in [6.07, 6.45) is 0. The number of sulfonamides is 1. The Bertz CT molecular complexity index is 1130. The molecule has 29 heavy (non-hydrogen) atoms. The lowest BCUT2D eigenvalue weighted by atomic mass is 10.1. The van der Waals surface area contributed by atoms with Gasteiger partial charge < -0.3 is 4.74 Å². The molecule has 0 unspecified atom stereocenters. The number of para-hydroxylation sites is 1. The molecule has 0 fully saturated rings. The number of nitrogens with zero attached hydrogens (tertiary/aromatic N) is 2. The number of aromatic nitrogens is 2. The zero-order valence-electron chi connectivity index (χ0n) is 15.4. The molecule has 2 aromatic carbocycles. The van der Waals surface area contributed by atoms with Crippen molar-refractivity contribution in [3.63, 3.8) is 0 Å². The molecule has 11 heteroatoms. The maximum absolute atomic E-state index is 12.7. The Morgan fingerprint density at radius 2 is 1.83 bits per heavy atom. The fourth-order valence-electron chi connectivity index (χ4n) is 2.55. The highest BCUT2D eigenvalue weighted by molar-refractivity contribution is 7.91. The van der Waals surface area contributed by atoms with Gasteiger partial charge in [-0.15, -0.1) is 10.2 Å². The smallest absolute Gasteiger partial charge is 0.270 e. The molecule has 0 saturated heterocycles. The molecule has 0 aliphatic rings. The van der Waals surface area contributed by atoms with Crippen molar-refractivity contribution in [3.05, 3.63) is 64.7 Å². The van der Waals surface area contributed by atoms with E-state index in [9.17, 15) is 13.2 Å². The Morgan fingerprint density at radius 3 is 2.55 bits per heavy atom. The summed E-state index contributed by atoms with van der Waals surface area (Å²) in [5, 5.41) is 10.2. The van der Waals surface area contributed by atoms with Crippen LogP contribution in [0.2, 0.25) is 5.02 Å². The number of ether oxygens (including phenoxy) is 1. The maximum atomic E-state index is 12.7. The molecular formula is C18H17ClN4O4S2. The second kappa shape index (κ2) is 8.87. The largest absolute Gasteiger partial charge is 0.496 e. The summed E-state index contributed by atoms with van der Waals surface area (Å²) >= 11 is 6.73. The number of nitrogens with one attached hydrogen (secondary N) is 2. The van der Waals surface area contributed by atoms with Crippen molar-refractivity contribution in [2.75, 3.05) is 12.4 Å². The highest BCUT2D eigenvalue weighted by Gasteiger charge is 2.25. The van der Waals surface area contributed by atoms with E-state index >= 15 is 0 Å². The van der Waals surface area contributed by atoms with Crippen LogP contribution in [0.5, 0.6) is 5.75 Å². The summed E-state index contributed by atoms with van der Waals surface area (Å²) < 4.78 is 32.9. The molecule has 0 saturated carbocycles. The molecule has 0 spiro atoms. The quantitative estimate of drug-likeness (QED) is 0.531. The number of hydrogen-bond donors (Lipinski definition) is 2. The van der Waals surface area contributed by atoms with Crippen LogP contribution in [-0.2, 0) is 10.0 Å². The predicted molar refractivity (Wildman–Crippen MR) is 111 cm³/mol. The zero-order chi connectivity index (χ0) is 21.0. The molecule has 0 bridgehead atoms. The van der Waals surface area contributed by atoms with Gasteiger partial charge in [-0.05, 0) is 25.1 Å². The molecule has 2 N–H and O–H groups in total. The first-order valence-corrected chi connectivity index (χ1v) is 11.0. The number of carbonyl (C=O) groups excluding carboxylic acids is 1. The number of halogens is 1. The number of anilines is 1. The molecule has 152 valence electrons. The second-order valence-corrected chi connectivity index (χ2v) is 9.16. The molecule has 3 aromatic rings.